The summed E-state index contributed by atoms with van der Waals surface area (Å²) in [6, 6.07) is 1.59. The van der Waals surface area contributed by atoms with E-state index in [-0.39, 0.29) is 16.2 Å². The Kier molecular flexibility index (Phi) is 4.65. The Balaban J connectivity index is 2.43. The first-order valence-electron chi connectivity index (χ1n) is 6.76. The molecule has 1 heterocycles. The lowest BCUT2D eigenvalue weighted by Gasteiger charge is -2.32. The van der Waals surface area contributed by atoms with Gasteiger partial charge in [0, 0.05) is 5.46 Å². The van der Waals surface area contributed by atoms with Crippen molar-refractivity contribution in [3.63, 3.8) is 0 Å². The Morgan fingerprint density at radius 3 is 2.29 bits per heavy atom. The first kappa shape index (κ1) is 17.1. The molecular formula is C14H18BBrClFO3. The molecule has 0 unspecified atom stereocenters. The lowest BCUT2D eigenvalue weighted by molar-refractivity contribution is 0.00578. The molecule has 0 spiro atoms. The molecule has 0 bridgehead atoms. The second-order valence-corrected chi connectivity index (χ2v) is 7.16. The molecular weight excluding hydrogens is 361 g/mol. The SMILES string of the molecule is CCOc1c(Br)cc(B2OC(C)(C)C(C)(C)O2)c(F)c1Cl. The summed E-state index contributed by atoms with van der Waals surface area (Å²) in [5, 5.41) is -0.0732. The van der Waals surface area contributed by atoms with Gasteiger partial charge in [0.1, 0.15) is 10.8 Å². The molecule has 0 atom stereocenters. The van der Waals surface area contributed by atoms with Crippen LogP contribution in [-0.4, -0.2) is 24.9 Å². The highest BCUT2D eigenvalue weighted by Gasteiger charge is 2.52. The molecule has 3 nitrogen and oxygen atoms in total. The molecule has 0 radical (unpaired) electrons. The van der Waals surface area contributed by atoms with E-state index in [4.69, 9.17) is 25.6 Å². The van der Waals surface area contributed by atoms with Crippen molar-refractivity contribution in [2.45, 2.75) is 45.8 Å². The molecule has 0 saturated carbocycles. The highest BCUT2D eigenvalue weighted by molar-refractivity contribution is 9.10. The second kappa shape index (κ2) is 5.72. The Morgan fingerprint density at radius 2 is 1.81 bits per heavy atom. The molecule has 0 aromatic heterocycles. The van der Waals surface area contributed by atoms with Crippen LogP contribution in [0.1, 0.15) is 34.6 Å². The number of benzene rings is 1. The first-order valence-corrected chi connectivity index (χ1v) is 7.93. The van der Waals surface area contributed by atoms with Gasteiger partial charge in [-0.1, -0.05) is 11.6 Å². The molecule has 0 aliphatic carbocycles. The van der Waals surface area contributed by atoms with E-state index in [9.17, 15) is 4.39 Å². The van der Waals surface area contributed by atoms with Gasteiger partial charge < -0.3 is 14.0 Å². The van der Waals surface area contributed by atoms with Crippen molar-refractivity contribution >= 4 is 40.1 Å². The fourth-order valence-electron chi connectivity index (χ4n) is 2.01. The van der Waals surface area contributed by atoms with E-state index < -0.39 is 24.1 Å². The van der Waals surface area contributed by atoms with Crippen LogP contribution in [0.25, 0.3) is 0 Å². The average Bonchev–Trinajstić information content (AvgIpc) is 2.58. The van der Waals surface area contributed by atoms with Crippen LogP contribution in [0.2, 0.25) is 5.02 Å². The summed E-state index contributed by atoms with van der Waals surface area (Å²) in [4.78, 5) is 0. The van der Waals surface area contributed by atoms with Gasteiger partial charge in [-0.3, -0.25) is 0 Å². The van der Waals surface area contributed by atoms with Gasteiger partial charge in [0.25, 0.3) is 0 Å². The second-order valence-electron chi connectivity index (χ2n) is 5.93. The first-order chi connectivity index (χ1) is 9.60. The molecule has 0 N–H and O–H groups in total. The topological polar surface area (TPSA) is 27.7 Å². The van der Waals surface area contributed by atoms with Crippen molar-refractivity contribution in [2.75, 3.05) is 6.61 Å². The Hall–Kier alpha value is -0.295. The number of ether oxygens (including phenoxy) is 1. The zero-order valence-electron chi connectivity index (χ0n) is 12.7. The van der Waals surface area contributed by atoms with Crippen molar-refractivity contribution in [1.29, 1.82) is 0 Å². The molecule has 1 aliphatic rings. The summed E-state index contributed by atoms with van der Waals surface area (Å²) in [5.41, 5.74) is -0.822. The minimum absolute atomic E-state index is 0.0732. The van der Waals surface area contributed by atoms with Crippen LogP contribution in [0.4, 0.5) is 4.39 Å². The third kappa shape index (κ3) is 2.96. The maximum absolute atomic E-state index is 14.5. The fraction of sp³-hybridized carbons (Fsp3) is 0.571. The number of rotatable bonds is 3. The van der Waals surface area contributed by atoms with Gasteiger partial charge in [-0.05, 0) is 56.6 Å². The summed E-state index contributed by atoms with van der Waals surface area (Å²) in [6.45, 7) is 9.86. The predicted octanol–water partition coefficient (Wildman–Crippen LogP) is 3.94. The normalized spacial score (nSPS) is 19.9. The molecule has 1 aromatic carbocycles. The molecule has 1 saturated heterocycles. The molecule has 7 heteroatoms. The van der Waals surface area contributed by atoms with Crippen molar-refractivity contribution < 1.29 is 18.4 Å². The maximum Gasteiger partial charge on any atom is 0.497 e. The van der Waals surface area contributed by atoms with Gasteiger partial charge in [-0.2, -0.15) is 0 Å². The van der Waals surface area contributed by atoms with Crippen LogP contribution >= 0.6 is 27.5 Å². The van der Waals surface area contributed by atoms with Crippen molar-refractivity contribution in [1.82, 2.24) is 0 Å². The van der Waals surface area contributed by atoms with Crippen LogP contribution in [0.15, 0.2) is 10.5 Å². The van der Waals surface area contributed by atoms with E-state index >= 15 is 0 Å². The lowest BCUT2D eigenvalue weighted by Crippen LogP contribution is -2.41. The maximum atomic E-state index is 14.5. The van der Waals surface area contributed by atoms with Crippen LogP contribution in [0.5, 0.6) is 5.75 Å². The van der Waals surface area contributed by atoms with Gasteiger partial charge in [0.2, 0.25) is 0 Å². The monoisotopic (exact) mass is 378 g/mol. The van der Waals surface area contributed by atoms with E-state index in [2.05, 4.69) is 15.9 Å². The minimum Gasteiger partial charge on any atom is -0.491 e. The van der Waals surface area contributed by atoms with E-state index in [0.29, 0.717) is 11.1 Å². The van der Waals surface area contributed by atoms with Gasteiger partial charge in [-0.25, -0.2) is 4.39 Å². The highest BCUT2D eigenvalue weighted by atomic mass is 79.9. The summed E-state index contributed by atoms with van der Waals surface area (Å²) in [5.74, 6) is -0.293. The molecule has 0 amide bonds. The zero-order valence-corrected chi connectivity index (χ0v) is 15.1. The third-order valence-electron chi connectivity index (χ3n) is 3.94. The lowest BCUT2D eigenvalue weighted by atomic mass is 9.78. The Morgan fingerprint density at radius 1 is 1.29 bits per heavy atom. The number of hydrogen-bond donors (Lipinski definition) is 0. The van der Waals surface area contributed by atoms with Crippen LogP contribution < -0.4 is 10.2 Å². The number of hydrogen-bond acceptors (Lipinski definition) is 3. The Bertz CT molecular complexity index is 550. The summed E-state index contributed by atoms with van der Waals surface area (Å²) in [6.07, 6.45) is 0. The van der Waals surface area contributed by atoms with Gasteiger partial charge >= 0.3 is 7.12 Å². The largest absolute Gasteiger partial charge is 0.497 e. The average molecular weight is 379 g/mol. The standard InChI is InChI=1S/C14H18BBrClFO3/c1-6-19-12-9(16)7-8(11(18)10(12)17)15-20-13(2,3)14(4,5)21-15/h7H,6H2,1-5H3. The molecule has 1 aromatic rings. The van der Waals surface area contributed by atoms with Crippen LogP contribution in [-0.2, 0) is 9.31 Å². The van der Waals surface area contributed by atoms with Crippen molar-refractivity contribution in [3.05, 3.63) is 21.4 Å². The Labute approximate surface area is 138 Å². The minimum atomic E-state index is -0.806. The van der Waals surface area contributed by atoms with Crippen molar-refractivity contribution in [3.8, 4) is 5.75 Å². The molecule has 116 valence electrons. The van der Waals surface area contributed by atoms with Crippen LogP contribution in [0, 0.1) is 5.82 Å². The van der Waals surface area contributed by atoms with Crippen LogP contribution in [0.3, 0.4) is 0 Å². The van der Waals surface area contributed by atoms with Crippen molar-refractivity contribution in [2.24, 2.45) is 0 Å². The summed E-state index contributed by atoms with van der Waals surface area (Å²) in [7, 11) is -0.806. The number of halogens is 3. The van der Waals surface area contributed by atoms with E-state index in [0.717, 1.165) is 0 Å². The highest BCUT2D eigenvalue weighted by Crippen LogP contribution is 2.39. The zero-order chi connectivity index (χ0) is 16.0. The summed E-state index contributed by atoms with van der Waals surface area (Å²) < 4.78 is 32.2. The van der Waals surface area contributed by atoms with Gasteiger partial charge in [0.15, 0.2) is 5.75 Å². The smallest absolute Gasteiger partial charge is 0.491 e. The molecule has 2 rings (SSSR count). The third-order valence-corrected chi connectivity index (χ3v) is 4.87. The fourth-order valence-corrected chi connectivity index (χ4v) is 2.95. The van der Waals surface area contributed by atoms with E-state index in [1.807, 2.05) is 34.6 Å². The molecule has 21 heavy (non-hydrogen) atoms. The molecule has 1 fully saturated rings. The quantitative estimate of drug-likeness (QED) is 0.588. The molecule has 1 aliphatic heterocycles. The van der Waals surface area contributed by atoms with Gasteiger partial charge in [-0.15, -0.1) is 0 Å². The predicted molar refractivity (Wildman–Crippen MR) is 86.0 cm³/mol. The van der Waals surface area contributed by atoms with E-state index in [1.165, 1.54) is 0 Å². The summed E-state index contributed by atoms with van der Waals surface area (Å²) >= 11 is 9.41. The van der Waals surface area contributed by atoms with Gasteiger partial charge in [0.05, 0.1) is 22.3 Å². The van der Waals surface area contributed by atoms with E-state index in [1.54, 1.807) is 6.07 Å².